The molecule has 0 aliphatic carbocycles. The Morgan fingerprint density at radius 3 is 2.58 bits per heavy atom. The van der Waals surface area contributed by atoms with E-state index < -0.39 is 0 Å². The van der Waals surface area contributed by atoms with Crippen LogP contribution in [0.3, 0.4) is 0 Å². The normalized spacial score (nSPS) is 11.8. The lowest BCUT2D eigenvalue weighted by atomic mass is 10.0. The van der Waals surface area contributed by atoms with E-state index in [2.05, 4.69) is 12.1 Å². The molecular weight excluding hydrogens is 300 g/mol. The predicted octanol–water partition coefficient (Wildman–Crippen LogP) is 3.12. The van der Waals surface area contributed by atoms with Gasteiger partial charge in [0, 0.05) is 18.7 Å². The Bertz CT molecular complexity index is 643. The Balaban J connectivity index is 2.14. The molecule has 0 spiro atoms. The van der Waals surface area contributed by atoms with E-state index in [4.69, 9.17) is 10.5 Å². The van der Waals surface area contributed by atoms with Crippen LogP contribution < -0.4 is 10.5 Å². The van der Waals surface area contributed by atoms with E-state index in [1.807, 2.05) is 50.4 Å². The van der Waals surface area contributed by atoms with Crippen LogP contribution in [0.15, 0.2) is 54.6 Å². The van der Waals surface area contributed by atoms with E-state index in [1.165, 1.54) is 5.56 Å². The molecule has 0 bridgehead atoms. The monoisotopic (exact) mass is 326 g/mol. The van der Waals surface area contributed by atoms with Crippen LogP contribution in [0.4, 0.5) is 0 Å². The number of hydrogen-bond acceptors (Lipinski definition) is 3. The minimum absolute atomic E-state index is 0.00839. The van der Waals surface area contributed by atoms with Crippen molar-refractivity contribution in [3.63, 3.8) is 0 Å². The SMILES string of the molecule is CCOc1cccc(C(=O)N(C)C(CCN)Cc2ccccc2)c1. The highest BCUT2D eigenvalue weighted by molar-refractivity contribution is 5.94. The standard InChI is InChI=1S/C20H26N2O2/c1-3-24-19-11-7-10-17(15-19)20(23)22(2)18(12-13-21)14-16-8-5-4-6-9-16/h4-11,15,18H,3,12-14,21H2,1-2H3. The number of rotatable bonds is 8. The first kappa shape index (κ1) is 18.0. The van der Waals surface area contributed by atoms with Crippen LogP contribution in [0.2, 0.25) is 0 Å². The molecule has 4 nitrogen and oxygen atoms in total. The number of carbonyl (C=O) groups excluding carboxylic acids is 1. The van der Waals surface area contributed by atoms with Gasteiger partial charge in [0.15, 0.2) is 0 Å². The molecule has 2 aromatic carbocycles. The molecule has 1 amide bonds. The predicted molar refractivity (Wildman–Crippen MR) is 97.3 cm³/mol. The van der Waals surface area contributed by atoms with Crippen LogP contribution >= 0.6 is 0 Å². The first-order valence-corrected chi connectivity index (χ1v) is 8.39. The number of benzene rings is 2. The first-order chi connectivity index (χ1) is 11.7. The molecule has 4 heteroatoms. The van der Waals surface area contributed by atoms with E-state index in [0.29, 0.717) is 18.7 Å². The summed E-state index contributed by atoms with van der Waals surface area (Å²) in [4.78, 5) is 14.6. The Morgan fingerprint density at radius 1 is 1.17 bits per heavy atom. The van der Waals surface area contributed by atoms with Crippen LogP contribution in [0.1, 0.15) is 29.3 Å². The van der Waals surface area contributed by atoms with Crippen LogP contribution in [-0.2, 0) is 6.42 Å². The zero-order valence-corrected chi connectivity index (χ0v) is 14.4. The molecule has 24 heavy (non-hydrogen) atoms. The highest BCUT2D eigenvalue weighted by Gasteiger charge is 2.21. The summed E-state index contributed by atoms with van der Waals surface area (Å²) in [5, 5.41) is 0. The van der Waals surface area contributed by atoms with Gasteiger partial charge in [0.2, 0.25) is 0 Å². The molecule has 0 radical (unpaired) electrons. The van der Waals surface area contributed by atoms with E-state index >= 15 is 0 Å². The van der Waals surface area contributed by atoms with Gasteiger partial charge in [0.25, 0.3) is 5.91 Å². The van der Waals surface area contributed by atoms with E-state index in [0.717, 1.165) is 18.6 Å². The van der Waals surface area contributed by atoms with Gasteiger partial charge in [-0.1, -0.05) is 36.4 Å². The van der Waals surface area contributed by atoms with Crippen molar-refractivity contribution >= 4 is 5.91 Å². The zero-order chi connectivity index (χ0) is 17.4. The number of hydrogen-bond donors (Lipinski definition) is 1. The first-order valence-electron chi connectivity index (χ1n) is 8.39. The fraction of sp³-hybridized carbons (Fsp3) is 0.350. The van der Waals surface area contributed by atoms with Gasteiger partial charge in [-0.3, -0.25) is 4.79 Å². The van der Waals surface area contributed by atoms with Crippen molar-refractivity contribution in [1.29, 1.82) is 0 Å². The largest absolute Gasteiger partial charge is 0.494 e. The van der Waals surface area contributed by atoms with Crippen molar-refractivity contribution in [2.45, 2.75) is 25.8 Å². The fourth-order valence-electron chi connectivity index (χ4n) is 2.77. The van der Waals surface area contributed by atoms with Crippen molar-refractivity contribution in [3.05, 3.63) is 65.7 Å². The van der Waals surface area contributed by atoms with Crippen LogP contribution in [0, 0.1) is 0 Å². The highest BCUT2D eigenvalue weighted by atomic mass is 16.5. The molecule has 0 aliphatic rings. The smallest absolute Gasteiger partial charge is 0.253 e. The van der Waals surface area contributed by atoms with Crippen molar-refractivity contribution in [2.75, 3.05) is 20.2 Å². The Kier molecular flexibility index (Phi) is 6.82. The van der Waals surface area contributed by atoms with E-state index in [-0.39, 0.29) is 11.9 Å². The molecule has 1 atom stereocenters. The maximum absolute atomic E-state index is 12.8. The average Bonchev–Trinajstić information content (AvgIpc) is 2.61. The van der Waals surface area contributed by atoms with Gasteiger partial charge in [-0.25, -0.2) is 0 Å². The minimum atomic E-state index is -0.00839. The van der Waals surface area contributed by atoms with E-state index in [9.17, 15) is 4.79 Å². The van der Waals surface area contributed by atoms with Gasteiger partial charge in [0.1, 0.15) is 5.75 Å². The topological polar surface area (TPSA) is 55.6 Å². The summed E-state index contributed by atoms with van der Waals surface area (Å²) < 4.78 is 5.49. The molecule has 1 unspecified atom stereocenters. The second-order valence-corrected chi connectivity index (χ2v) is 5.80. The molecule has 0 saturated carbocycles. The Morgan fingerprint density at radius 2 is 1.92 bits per heavy atom. The van der Waals surface area contributed by atoms with Gasteiger partial charge in [-0.15, -0.1) is 0 Å². The van der Waals surface area contributed by atoms with Crippen molar-refractivity contribution in [3.8, 4) is 5.75 Å². The number of nitrogens with two attached hydrogens (primary N) is 1. The molecule has 2 N–H and O–H groups in total. The molecule has 2 rings (SSSR count). The lowest BCUT2D eigenvalue weighted by Gasteiger charge is -2.28. The third kappa shape index (κ3) is 4.83. The number of ether oxygens (including phenoxy) is 1. The van der Waals surface area contributed by atoms with E-state index in [1.54, 1.807) is 11.0 Å². The molecule has 0 aliphatic heterocycles. The molecule has 128 valence electrons. The van der Waals surface area contributed by atoms with Gasteiger partial charge in [-0.05, 0) is 50.1 Å². The third-order valence-electron chi connectivity index (χ3n) is 4.07. The zero-order valence-electron chi connectivity index (χ0n) is 14.4. The summed E-state index contributed by atoms with van der Waals surface area (Å²) in [5.74, 6) is 0.709. The van der Waals surface area contributed by atoms with Crippen molar-refractivity contribution in [2.24, 2.45) is 5.73 Å². The molecule has 0 heterocycles. The van der Waals surface area contributed by atoms with Gasteiger partial charge in [-0.2, -0.15) is 0 Å². The van der Waals surface area contributed by atoms with Crippen LogP contribution in [-0.4, -0.2) is 37.0 Å². The number of amides is 1. The number of nitrogens with zero attached hydrogens (tertiary/aromatic N) is 1. The summed E-state index contributed by atoms with van der Waals surface area (Å²) in [7, 11) is 1.85. The summed E-state index contributed by atoms with van der Waals surface area (Å²) >= 11 is 0. The van der Waals surface area contributed by atoms with Crippen molar-refractivity contribution < 1.29 is 9.53 Å². The highest BCUT2D eigenvalue weighted by Crippen LogP contribution is 2.18. The fourth-order valence-corrected chi connectivity index (χ4v) is 2.77. The maximum Gasteiger partial charge on any atom is 0.253 e. The molecule has 0 saturated heterocycles. The third-order valence-corrected chi connectivity index (χ3v) is 4.07. The van der Waals surface area contributed by atoms with Gasteiger partial charge >= 0.3 is 0 Å². The quantitative estimate of drug-likeness (QED) is 0.811. The number of carbonyl (C=O) groups is 1. The summed E-state index contributed by atoms with van der Waals surface area (Å²) in [6, 6.07) is 17.6. The lowest BCUT2D eigenvalue weighted by Crippen LogP contribution is -2.39. The molecule has 0 aromatic heterocycles. The van der Waals surface area contributed by atoms with Crippen LogP contribution in [0.5, 0.6) is 5.75 Å². The second kappa shape index (κ2) is 9.08. The average molecular weight is 326 g/mol. The summed E-state index contributed by atoms with van der Waals surface area (Å²) in [6.45, 7) is 3.06. The number of likely N-dealkylation sites (N-methyl/N-ethyl adjacent to an activating group) is 1. The van der Waals surface area contributed by atoms with Gasteiger partial charge in [0.05, 0.1) is 6.61 Å². The Labute approximate surface area is 144 Å². The molecular formula is C20H26N2O2. The van der Waals surface area contributed by atoms with Crippen LogP contribution in [0.25, 0.3) is 0 Å². The van der Waals surface area contributed by atoms with Gasteiger partial charge < -0.3 is 15.4 Å². The summed E-state index contributed by atoms with van der Waals surface area (Å²) in [5.41, 5.74) is 7.61. The molecule has 0 fully saturated rings. The summed E-state index contributed by atoms with van der Waals surface area (Å²) in [6.07, 6.45) is 1.56. The maximum atomic E-state index is 12.8. The molecule has 2 aromatic rings. The lowest BCUT2D eigenvalue weighted by molar-refractivity contribution is 0.0725. The second-order valence-electron chi connectivity index (χ2n) is 5.80. The minimum Gasteiger partial charge on any atom is -0.494 e. The Hall–Kier alpha value is -2.33. The van der Waals surface area contributed by atoms with Crippen molar-refractivity contribution in [1.82, 2.24) is 4.90 Å².